The van der Waals surface area contributed by atoms with Crippen LogP contribution in [0.4, 0.5) is 0 Å². The van der Waals surface area contributed by atoms with Gasteiger partial charge in [-0.15, -0.1) is 10.2 Å². The number of hydrogen-bond acceptors (Lipinski definition) is 2. The largest absolute Gasteiger partial charge is 0.309 e. The molecule has 1 atom stereocenters. The van der Waals surface area contributed by atoms with Gasteiger partial charge >= 0.3 is 0 Å². The first-order valence-corrected chi connectivity index (χ1v) is 14.0. The smallest absolute Gasteiger partial charge is 0.169 e. The minimum Gasteiger partial charge on any atom is -0.309 e. The standard InChI is InChI=1S/C36H28N4/c1-3-23(2)25-18-21-34-31(22-25)27-10-4-5-13-30(27)36-38-37-35(40(34)36)24-16-19-26(20-17-24)39-32-14-8-6-11-28(32)29-12-7-9-15-33(29)39/h4-23H,3H2,1-2H3. The highest BCUT2D eigenvalue weighted by Gasteiger charge is 2.18. The van der Waals surface area contributed by atoms with Crippen LogP contribution in [0.25, 0.3) is 66.2 Å². The van der Waals surface area contributed by atoms with Crippen LogP contribution in [-0.4, -0.2) is 19.2 Å². The number of benzene rings is 5. The van der Waals surface area contributed by atoms with Crippen LogP contribution < -0.4 is 0 Å². The number of para-hydroxylation sites is 2. The van der Waals surface area contributed by atoms with Crippen molar-refractivity contribution >= 4 is 49.1 Å². The molecule has 0 fully saturated rings. The Balaban J connectivity index is 1.34. The Bertz CT molecular complexity index is 2160. The molecule has 1 unspecified atom stereocenters. The van der Waals surface area contributed by atoms with E-state index < -0.39 is 0 Å². The molecule has 0 amide bonds. The van der Waals surface area contributed by atoms with Gasteiger partial charge < -0.3 is 4.57 Å². The number of aromatic nitrogens is 4. The lowest BCUT2D eigenvalue weighted by Gasteiger charge is -2.14. The highest BCUT2D eigenvalue weighted by Crippen LogP contribution is 2.35. The second kappa shape index (κ2) is 8.78. The molecule has 0 bridgehead atoms. The Morgan fingerprint density at radius 1 is 0.600 bits per heavy atom. The maximum atomic E-state index is 4.74. The fourth-order valence-corrected chi connectivity index (χ4v) is 6.25. The van der Waals surface area contributed by atoms with Crippen molar-refractivity contribution in [3.63, 3.8) is 0 Å². The van der Waals surface area contributed by atoms with Crippen LogP contribution in [0.2, 0.25) is 0 Å². The van der Waals surface area contributed by atoms with E-state index in [9.17, 15) is 0 Å². The molecule has 5 aromatic carbocycles. The summed E-state index contributed by atoms with van der Waals surface area (Å²) >= 11 is 0. The minimum absolute atomic E-state index is 0.507. The monoisotopic (exact) mass is 516 g/mol. The van der Waals surface area contributed by atoms with Crippen LogP contribution in [0, 0.1) is 0 Å². The zero-order valence-corrected chi connectivity index (χ0v) is 22.5. The molecule has 8 aromatic rings. The molecule has 0 aliphatic heterocycles. The fourth-order valence-electron chi connectivity index (χ4n) is 6.25. The summed E-state index contributed by atoms with van der Waals surface area (Å²) in [5, 5.41) is 15.6. The third-order valence-electron chi connectivity index (χ3n) is 8.53. The van der Waals surface area contributed by atoms with Gasteiger partial charge in [-0.05, 0) is 71.8 Å². The van der Waals surface area contributed by atoms with Crippen LogP contribution in [-0.2, 0) is 0 Å². The molecule has 0 aliphatic rings. The normalized spacial score (nSPS) is 12.8. The van der Waals surface area contributed by atoms with Gasteiger partial charge in [0.15, 0.2) is 11.5 Å². The molecule has 3 heterocycles. The summed E-state index contributed by atoms with van der Waals surface area (Å²) in [5.41, 5.74) is 7.97. The fraction of sp³-hybridized carbons (Fsp3) is 0.111. The molecular weight excluding hydrogens is 488 g/mol. The highest BCUT2D eigenvalue weighted by atomic mass is 15.2. The van der Waals surface area contributed by atoms with Crippen molar-refractivity contribution in [2.45, 2.75) is 26.2 Å². The van der Waals surface area contributed by atoms with E-state index in [1.54, 1.807) is 0 Å². The number of pyridine rings is 1. The van der Waals surface area contributed by atoms with E-state index in [0.29, 0.717) is 5.92 Å². The van der Waals surface area contributed by atoms with Crippen molar-refractivity contribution in [3.05, 3.63) is 121 Å². The van der Waals surface area contributed by atoms with E-state index >= 15 is 0 Å². The zero-order chi connectivity index (χ0) is 26.8. The molecule has 0 spiro atoms. The van der Waals surface area contributed by atoms with Crippen molar-refractivity contribution < 1.29 is 0 Å². The number of fused-ring (bicyclic) bond motifs is 9. The first-order valence-electron chi connectivity index (χ1n) is 14.0. The van der Waals surface area contributed by atoms with E-state index in [1.165, 1.54) is 38.1 Å². The lowest BCUT2D eigenvalue weighted by Crippen LogP contribution is -1.98. The summed E-state index contributed by atoms with van der Waals surface area (Å²) in [6.07, 6.45) is 1.11. The maximum absolute atomic E-state index is 4.74. The van der Waals surface area contributed by atoms with Gasteiger partial charge in [0.2, 0.25) is 0 Å². The minimum atomic E-state index is 0.507. The average molecular weight is 517 g/mol. The first-order chi connectivity index (χ1) is 19.7. The van der Waals surface area contributed by atoms with Gasteiger partial charge in [0.1, 0.15) is 0 Å². The molecule has 0 radical (unpaired) electrons. The van der Waals surface area contributed by atoms with Gasteiger partial charge in [-0.1, -0.05) is 80.6 Å². The van der Waals surface area contributed by atoms with E-state index in [-0.39, 0.29) is 0 Å². The Morgan fingerprint density at radius 2 is 1.23 bits per heavy atom. The Hall–Kier alpha value is -4.96. The van der Waals surface area contributed by atoms with Crippen LogP contribution in [0.1, 0.15) is 31.7 Å². The number of rotatable bonds is 4. The summed E-state index contributed by atoms with van der Waals surface area (Å²) in [5.74, 6) is 1.36. The predicted octanol–water partition coefficient (Wildman–Crippen LogP) is 9.31. The lowest BCUT2D eigenvalue weighted by molar-refractivity contribution is 0.734. The molecule has 0 saturated heterocycles. The number of nitrogens with zero attached hydrogens (tertiary/aromatic N) is 4. The third-order valence-corrected chi connectivity index (χ3v) is 8.53. The summed E-state index contributed by atoms with van der Waals surface area (Å²) in [4.78, 5) is 0. The van der Waals surface area contributed by atoms with Gasteiger partial charge in [0, 0.05) is 32.8 Å². The second-order valence-electron chi connectivity index (χ2n) is 10.7. The molecule has 192 valence electrons. The van der Waals surface area contributed by atoms with Crippen molar-refractivity contribution in [3.8, 4) is 17.1 Å². The molecule has 40 heavy (non-hydrogen) atoms. The Labute approximate surface area is 232 Å². The summed E-state index contributed by atoms with van der Waals surface area (Å²) < 4.78 is 4.57. The van der Waals surface area contributed by atoms with Crippen LogP contribution in [0.3, 0.4) is 0 Å². The molecule has 0 N–H and O–H groups in total. The van der Waals surface area contributed by atoms with Crippen LogP contribution in [0.5, 0.6) is 0 Å². The molecular formula is C36H28N4. The Kier molecular flexibility index (Phi) is 5.05. The van der Waals surface area contributed by atoms with E-state index in [0.717, 1.165) is 40.0 Å². The van der Waals surface area contributed by atoms with Gasteiger partial charge in [0.05, 0.1) is 16.6 Å². The van der Waals surface area contributed by atoms with E-state index in [1.807, 2.05) is 0 Å². The topological polar surface area (TPSA) is 35.1 Å². The zero-order valence-electron chi connectivity index (χ0n) is 22.5. The molecule has 4 nitrogen and oxygen atoms in total. The highest BCUT2D eigenvalue weighted by molar-refractivity contribution is 6.12. The molecule has 3 aromatic heterocycles. The SMILES string of the molecule is CCC(C)c1ccc2c(c1)c1ccccc1c1nnc(-c3ccc(-n4c5ccccc5c5ccccc54)cc3)n21. The van der Waals surface area contributed by atoms with Gasteiger partial charge in [-0.2, -0.15) is 0 Å². The second-order valence-corrected chi connectivity index (χ2v) is 10.7. The van der Waals surface area contributed by atoms with Crippen molar-refractivity contribution in [2.75, 3.05) is 0 Å². The quantitative estimate of drug-likeness (QED) is 0.218. The third kappa shape index (κ3) is 3.26. The van der Waals surface area contributed by atoms with E-state index in [2.05, 4.69) is 138 Å². The van der Waals surface area contributed by atoms with Gasteiger partial charge in [-0.25, -0.2) is 0 Å². The van der Waals surface area contributed by atoms with E-state index in [4.69, 9.17) is 10.2 Å². The molecule has 8 rings (SSSR count). The molecule has 0 aliphatic carbocycles. The molecule has 4 heteroatoms. The van der Waals surface area contributed by atoms with Crippen molar-refractivity contribution in [1.29, 1.82) is 0 Å². The Morgan fingerprint density at radius 3 is 1.90 bits per heavy atom. The first kappa shape index (κ1) is 23.0. The number of hydrogen-bond donors (Lipinski definition) is 0. The molecule has 0 saturated carbocycles. The lowest BCUT2D eigenvalue weighted by atomic mass is 9.95. The average Bonchev–Trinajstić information content (AvgIpc) is 3.61. The van der Waals surface area contributed by atoms with Crippen LogP contribution in [0.15, 0.2) is 115 Å². The predicted molar refractivity (Wildman–Crippen MR) is 166 cm³/mol. The maximum Gasteiger partial charge on any atom is 0.169 e. The van der Waals surface area contributed by atoms with Crippen LogP contribution >= 0.6 is 0 Å². The summed E-state index contributed by atoms with van der Waals surface area (Å²) in [7, 11) is 0. The summed E-state index contributed by atoms with van der Waals surface area (Å²) in [6.45, 7) is 4.54. The van der Waals surface area contributed by atoms with Gasteiger partial charge in [-0.3, -0.25) is 4.40 Å². The summed E-state index contributed by atoms with van der Waals surface area (Å²) in [6, 6.07) is 41.4. The van der Waals surface area contributed by atoms with Gasteiger partial charge in [0.25, 0.3) is 0 Å². The van der Waals surface area contributed by atoms with Crippen molar-refractivity contribution in [1.82, 2.24) is 19.2 Å². The van der Waals surface area contributed by atoms with Crippen molar-refractivity contribution in [2.24, 2.45) is 0 Å².